The van der Waals surface area contributed by atoms with Gasteiger partial charge >= 0.3 is 5.97 Å². The molecule has 1 aromatic rings. The van der Waals surface area contributed by atoms with Crippen molar-refractivity contribution in [3.63, 3.8) is 0 Å². The number of nitrogen functional groups attached to an aromatic ring is 1. The molecule has 2 unspecified atom stereocenters. The van der Waals surface area contributed by atoms with Gasteiger partial charge in [0.15, 0.2) is 0 Å². The predicted molar refractivity (Wildman–Crippen MR) is 69.4 cm³/mol. The molecule has 2 atom stereocenters. The zero-order valence-corrected chi connectivity index (χ0v) is 10.8. The van der Waals surface area contributed by atoms with Crippen molar-refractivity contribution in [3.8, 4) is 0 Å². The molecule has 1 heterocycles. The van der Waals surface area contributed by atoms with Crippen LogP contribution < -0.4 is 5.73 Å². The van der Waals surface area contributed by atoms with E-state index in [1.807, 2.05) is 19.9 Å². The molecule has 1 aliphatic heterocycles. The molecule has 0 spiro atoms. The smallest absolute Gasteiger partial charge is 0.340 e. The Hall–Kier alpha value is -1.55. The van der Waals surface area contributed by atoms with E-state index in [9.17, 15) is 4.79 Å². The first-order valence-corrected chi connectivity index (χ1v) is 6.25. The van der Waals surface area contributed by atoms with E-state index in [1.165, 1.54) is 0 Å². The fraction of sp³-hybridized carbons (Fsp3) is 0.500. The second-order valence-electron chi connectivity index (χ2n) is 4.84. The highest BCUT2D eigenvalue weighted by Gasteiger charge is 2.23. The van der Waals surface area contributed by atoms with E-state index in [0.29, 0.717) is 17.9 Å². The molecule has 18 heavy (non-hydrogen) atoms. The number of hydrogen-bond donors (Lipinski definition) is 1. The number of benzene rings is 1. The van der Waals surface area contributed by atoms with Crippen LogP contribution in [0, 0.1) is 6.92 Å². The second-order valence-corrected chi connectivity index (χ2v) is 4.84. The molecule has 0 bridgehead atoms. The van der Waals surface area contributed by atoms with Crippen LogP contribution in [0.2, 0.25) is 0 Å². The number of ether oxygens (including phenoxy) is 2. The highest BCUT2D eigenvalue weighted by Crippen LogP contribution is 2.20. The van der Waals surface area contributed by atoms with Crippen molar-refractivity contribution in [3.05, 3.63) is 29.3 Å². The molecule has 2 rings (SSSR count). The standard InChI is InChI=1S/C14H19NO3/c1-9-3-6-13(15)12(7-9)14(16)17-8-11-5-4-10(2)18-11/h3,6-7,10-11H,4-5,8,15H2,1-2H3. The maximum Gasteiger partial charge on any atom is 0.340 e. The van der Waals surface area contributed by atoms with Gasteiger partial charge in [0.25, 0.3) is 0 Å². The third kappa shape index (κ3) is 3.01. The molecule has 0 amide bonds. The Bertz CT molecular complexity index is 445. The third-order valence-corrected chi connectivity index (χ3v) is 3.15. The molecule has 4 heteroatoms. The summed E-state index contributed by atoms with van der Waals surface area (Å²) < 4.78 is 10.8. The Morgan fingerprint density at radius 1 is 1.50 bits per heavy atom. The Kier molecular flexibility index (Phi) is 3.87. The molecule has 1 fully saturated rings. The van der Waals surface area contributed by atoms with Crippen molar-refractivity contribution in [2.75, 3.05) is 12.3 Å². The van der Waals surface area contributed by atoms with Crippen LogP contribution in [0.25, 0.3) is 0 Å². The molecule has 98 valence electrons. The molecule has 0 saturated carbocycles. The first-order valence-electron chi connectivity index (χ1n) is 6.25. The molecular weight excluding hydrogens is 230 g/mol. The van der Waals surface area contributed by atoms with Gasteiger partial charge in [-0.05, 0) is 38.8 Å². The Balaban J connectivity index is 1.93. The highest BCUT2D eigenvalue weighted by atomic mass is 16.6. The molecule has 0 radical (unpaired) electrons. The van der Waals surface area contributed by atoms with Crippen LogP contribution in [0.5, 0.6) is 0 Å². The van der Waals surface area contributed by atoms with Gasteiger partial charge in [0.05, 0.1) is 17.8 Å². The average molecular weight is 249 g/mol. The third-order valence-electron chi connectivity index (χ3n) is 3.15. The largest absolute Gasteiger partial charge is 0.459 e. The van der Waals surface area contributed by atoms with Crippen LogP contribution in [0.3, 0.4) is 0 Å². The van der Waals surface area contributed by atoms with Crippen LogP contribution >= 0.6 is 0 Å². The number of rotatable bonds is 3. The van der Waals surface area contributed by atoms with Crippen LogP contribution in [-0.2, 0) is 9.47 Å². The van der Waals surface area contributed by atoms with Gasteiger partial charge in [-0.2, -0.15) is 0 Å². The van der Waals surface area contributed by atoms with E-state index in [0.717, 1.165) is 18.4 Å². The van der Waals surface area contributed by atoms with Gasteiger partial charge in [-0.25, -0.2) is 4.79 Å². The van der Waals surface area contributed by atoms with Gasteiger partial charge in [-0.15, -0.1) is 0 Å². The number of nitrogens with two attached hydrogens (primary N) is 1. The zero-order valence-electron chi connectivity index (χ0n) is 10.8. The summed E-state index contributed by atoms with van der Waals surface area (Å²) in [6, 6.07) is 5.34. The lowest BCUT2D eigenvalue weighted by Crippen LogP contribution is -2.19. The first kappa shape index (κ1) is 12.9. The molecule has 0 aromatic heterocycles. The maximum atomic E-state index is 11.9. The van der Waals surface area contributed by atoms with Crippen molar-refractivity contribution in [1.82, 2.24) is 0 Å². The summed E-state index contributed by atoms with van der Waals surface area (Å²) in [5, 5.41) is 0. The molecule has 1 aliphatic rings. The molecule has 1 saturated heterocycles. The van der Waals surface area contributed by atoms with Crippen molar-refractivity contribution < 1.29 is 14.3 Å². The summed E-state index contributed by atoms with van der Waals surface area (Å²) in [6.07, 6.45) is 2.25. The summed E-state index contributed by atoms with van der Waals surface area (Å²) in [6.45, 7) is 4.24. The quantitative estimate of drug-likeness (QED) is 0.659. The summed E-state index contributed by atoms with van der Waals surface area (Å²) in [5.74, 6) is -0.376. The Labute approximate surface area is 107 Å². The topological polar surface area (TPSA) is 61.6 Å². The van der Waals surface area contributed by atoms with Crippen molar-refractivity contribution >= 4 is 11.7 Å². The molecular formula is C14H19NO3. The van der Waals surface area contributed by atoms with Gasteiger partial charge in [-0.1, -0.05) is 11.6 Å². The molecule has 0 aliphatic carbocycles. The lowest BCUT2D eigenvalue weighted by Gasteiger charge is -2.12. The maximum absolute atomic E-state index is 11.9. The van der Waals surface area contributed by atoms with Gasteiger partial charge in [0.1, 0.15) is 6.61 Å². The van der Waals surface area contributed by atoms with E-state index in [-0.39, 0.29) is 18.2 Å². The average Bonchev–Trinajstić information content (AvgIpc) is 2.75. The van der Waals surface area contributed by atoms with E-state index < -0.39 is 0 Å². The number of hydrogen-bond acceptors (Lipinski definition) is 4. The van der Waals surface area contributed by atoms with Gasteiger partial charge in [0.2, 0.25) is 0 Å². The van der Waals surface area contributed by atoms with Gasteiger partial charge in [-0.3, -0.25) is 0 Å². The summed E-state index contributed by atoms with van der Waals surface area (Å²) in [5.41, 5.74) is 7.63. The fourth-order valence-electron chi connectivity index (χ4n) is 2.10. The number of carbonyl (C=O) groups excluding carboxylic acids is 1. The summed E-state index contributed by atoms with van der Waals surface area (Å²) in [4.78, 5) is 11.9. The monoisotopic (exact) mass is 249 g/mol. The molecule has 2 N–H and O–H groups in total. The molecule has 4 nitrogen and oxygen atoms in total. The Morgan fingerprint density at radius 3 is 2.94 bits per heavy atom. The van der Waals surface area contributed by atoms with Crippen LogP contribution in [0.4, 0.5) is 5.69 Å². The number of anilines is 1. The van der Waals surface area contributed by atoms with Crippen molar-refractivity contribution in [1.29, 1.82) is 0 Å². The normalized spacial score (nSPS) is 23.0. The summed E-state index contributed by atoms with van der Waals surface area (Å²) in [7, 11) is 0. The minimum absolute atomic E-state index is 0.0231. The van der Waals surface area contributed by atoms with Crippen molar-refractivity contribution in [2.45, 2.75) is 38.9 Å². The predicted octanol–water partition coefficient (Wildman–Crippen LogP) is 2.30. The fourth-order valence-corrected chi connectivity index (χ4v) is 2.10. The zero-order chi connectivity index (χ0) is 13.1. The minimum atomic E-state index is -0.376. The van der Waals surface area contributed by atoms with E-state index in [2.05, 4.69) is 0 Å². The molecule has 1 aromatic carbocycles. The highest BCUT2D eigenvalue weighted by molar-refractivity contribution is 5.95. The van der Waals surface area contributed by atoms with Gasteiger partial charge < -0.3 is 15.2 Å². The Morgan fingerprint density at radius 2 is 2.28 bits per heavy atom. The van der Waals surface area contributed by atoms with Crippen LogP contribution in [-0.4, -0.2) is 24.8 Å². The van der Waals surface area contributed by atoms with E-state index in [4.69, 9.17) is 15.2 Å². The van der Waals surface area contributed by atoms with Gasteiger partial charge in [0, 0.05) is 5.69 Å². The first-order chi connectivity index (χ1) is 8.56. The van der Waals surface area contributed by atoms with E-state index >= 15 is 0 Å². The number of esters is 1. The number of carbonyl (C=O) groups is 1. The van der Waals surface area contributed by atoms with Crippen LogP contribution in [0.15, 0.2) is 18.2 Å². The number of aryl methyl sites for hydroxylation is 1. The SMILES string of the molecule is Cc1ccc(N)c(C(=O)OCC2CCC(C)O2)c1. The summed E-state index contributed by atoms with van der Waals surface area (Å²) >= 11 is 0. The minimum Gasteiger partial charge on any atom is -0.459 e. The lowest BCUT2D eigenvalue weighted by molar-refractivity contribution is -0.00260. The van der Waals surface area contributed by atoms with E-state index in [1.54, 1.807) is 12.1 Å². The second kappa shape index (κ2) is 5.40. The lowest BCUT2D eigenvalue weighted by atomic mass is 10.1. The van der Waals surface area contributed by atoms with Crippen LogP contribution in [0.1, 0.15) is 35.7 Å². The van der Waals surface area contributed by atoms with Crippen molar-refractivity contribution in [2.24, 2.45) is 0 Å².